The van der Waals surface area contributed by atoms with Crippen LogP contribution in [-0.2, 0) is 9.59 Å². The van der Waals surface area contributed by atoms with E-state index in [4.69, 9.17) is 26.8 Å². The highest BCUT2D eigenvalue weighted by atomic mass is 32.2. The second-order valence-electron chi connectivity index (χ2n) is 5.59. The Hall–Kier alpha value is -2.06. The Labute approximate surface area is 162 Å². The molecule has 1 aliphatic rings. The van der Waals surface area contributed by atoms with Gasteiger partial charge in [-0.2, -0.15) is 0 Å². The standard InChI is InChI=1S/C18H21NO5S2/c1-3-9-24-14-10-12(6-7-13(14)23-2)11-15-17(22)19(18(25)26-15)8-4-5-16(20)21/h6-7,10-11H,3-5,8-9H2,1-2H3,(H,20,21)/b15-11-. The number of hydrogen-bond donors (Lipinski definition) is 1. The molecule has 0 aliphatic carbocycles. The zero-order valence-corrected chi connectivity index (χ0v) is 16.3. The highest BCUT2D eigenvalue weighted by molar-refractivity contribution is 8.26. The fraction of sp³-hybridized carbons (Fsp3) is 0.389. The number of nitrogens with zero attached hydrogens (tertiary/aromatic N) is 1. The van der Waals surface area contributed by atoms with Crippen molar-refractivity contribution in [1.29, 1.82) is 0 Å². The molecule has 0 saturated carbocycles. The summed E-state index contributed by atoms with van der Waals surface area (Å²) in [4.78, 5) is 25.1. The highest BCUT2D eigenvalue weighted by Gasteiger charge is 2.31. The predicted molar refractivity (Wildman–Crippen MR) is 106 cm³/mol. The Balaban J connectivity index is 2.15. The first-order valence-electron chi connectivity index (χ1n) is 8.24. The van der Waals surface area contributed by atoms with Crippen LogP contribution in [-0.4, -0.2) is 46.5 Å². The van der Waals surface area contributed by atoms with Gasteiger partial charge in [0, 0.05) is 13.0 Å². The van der Waals surface area contributed by atoms with E-state index in [9.17, 15) is 9.59 Å². The van der Waals surface area contributed by atoms with Crippen molar-refractivity contribution >= 4 is 46.3 Å². The lowest BCUT2D eigenvalue weighted by molar-refractivity contribution is -0.137. The third-order valence-corrected chi connectivity index (χ3v) is 4.97. The van der Waals surface area contributed by atoms with E-state index in [0.29, 0.717) is 40.3 Å². The molecular weight excluding hydrogens is 374 g/mol. The molecule has 0 spiro atoms. The van der Waals surface area contributed by atoms with Gasteiger partial charge in [0.1, 0.15) is 4.32 Å². The summed E-state index contributed by atoms with van der Waals surface area (Å²) in [6.07, 6.45) is 3.01. The lowest BCUT2D eigenvalue weighted by atomic mass is 10.2. The van der Waals surface area contributed by atoms with Gasteiger partial charge in [-0.05, 0) is 36.6 Å². The molecule has 140 valence electrons. The highest BCUT2D eigenvalue weighted by Crippen LogP contribution is 2.35. The molecule has 1 aliphatic heterocycles. The Morgan fingerprint density at radius 3 is 2.81 bits per heavy atom. The summed E-state index contributed by atoms with van der Waals surface area (Å²) in [7, 11) is 1.58. The summed E-state index contributed by atoms with van der Waals surface area (Å²) in [5.74, 6) is 0.179. The van der Waals surface area contributed by atoms with Crippen LogP contribution in [0.25, 0.3) is 6.08 Å². The first-order valence-corrected chi connectivity index (χ1v) is 9.46. The first kappa shape index (κ1) is 20.3. The van der Waals surface area contributed by atoms with E-state index in [1.165, 1.54) is 16.7 Å². The molecule has 1 saturated heterocycles. The molecule has 1 aromatic carbocycles. The quantitative estimate of drug-likeness (QED) is 0.506. The number of amides is 1. The largest absolute Gasteiger partial charge is 0.493 e. The molecule has 26 heavy (non-hydrogen) atoms. The number of thioether (sulfide) groups is 1. The summed E-state index contributed by atoms with van der Waals surface area (Å²) < 4.78 is 11.4. The van der Waals surface area contributed by atoms with Gasteiger partial charge in [-0.15, -0.1) is 0 Å². The Morgan fingerprint density at radius 1 is 1.38 bits per heavy atom. The number of carboxylic acid groups (broad SMARTS) is 1. The number of benzene rings is 1. The Kier molecular flexibility index (Phi) is 7.47. The van der Waals surface area contributed by atoms with Crippen molar-refractivity contribution in [2.75, 3.05) is 20.3 Å². The maximum Gasteiger partial charge on any atom is 0.303 e. The van der Waals surface area contributed by atoms with Crippen molar-refractivity contribution in [2.24, 2.45) is 0 Å². The van der Waals surface area contributed by atoms with Crippen LogP contribution in [0.5, 0.6) is 11.5 Å². The monoisotopic (exact) mass is 395 g/mol. The van der Waals surface area contributed by atoms with Crippen molar-refractivity contribution in [3.8, 4) is 11.5 Å². The van der Waals surface area contributed by atoms with Crippen LogP contribution >= 0.6 is 24.0 Å². The molecule has 0 atom stereocenters. The maximum atomic E-state index is 12.5. The number of ether oxygens (including phenoxy) is 2. The third-order valence-electron chi connectivity index (χ3n) is 3.59. The molecule has 0 aromatic heterocycles. The van der Waals surface area contributed by atoms with E-state index in [0.717, 1.165) is 12.0 Å². The minimum Gasteiger partial charge on any atom is -0.493 e. The number of thiocarbonyl (C=S) groups is 1. The van der Waals surface area contributed by atoms with Gasteiger partial charge < -0.3 is 14.6 Å². The normalized spacial score (nSPS) is 15.6. The van der Waals surface area contributed by atoms with Gasteiger partial charge in [-0.3, -0.25) is 14.5 Å². The molecule has 1 heterocycles. The minimum absolute atomic E-state index is 0.00666. The van der Waals surface area contributed by atoms with Gasteiger partial charge in [0.25, 0.3) is 5.91 Å². The molecule has 1 N–H and O–H groups in total. The summed E-state index contributed by atoms with van der Waals surface area (Å²) >= 11 is 6.47. The van der Waals surface area contributed by atoms with Gasteiger partial charge in [-0.25, -0.2) is 0 Å². The Morgan fingerprint density at radius 2 is 2.15 bits per heavy atom. The zero-order chi connectivity index (χ0) is 19.1. The molecule has 6 nitrogen and oxygen atoms in total. The average molecular weight is 396 g/mol. The van der Waals surface area contributed by atoms with E-state index in [-0.39, 0.29) is 12.3 Å². The van der Waals surface area contributed by atoms with Crippen molar-refractivity contribution < 1.29 is 24.2 Å². The lowest BCUT2D eigenvalue weighted by Crippen LogP contribution is -2.29. The average Bonchev–Trinajstić information content (AvgIpc) is 2.87. The van der Waals surface area contributed by atoms with Gasteiger partial charge in [0.15, 0.2) is 11.5 Å². The van der Waals surface area contributed by atoms with Crippen LogP contribution in [0.1, 0.15) is 31.7 Å². The van der Waals surface area contributed by atoms with Crippen LogP contribution in [0.15, 0.2) is 23.1 Å². The third kappa shape index (κ3) is 5.22. The molecule has 8 heteroatoms. The fourth-order valence-electron chi connectivity index (χ4n) is 2.34. The molecule has 0 radical (unpaired) electrons. The van der Waals surface area contributed by atoms with E-state index in [1.54, 1.807) is 19.3 Å². The smallest absolute Gasteiger partial charge is 0.303 e. The van der Waals surface area contributed by atoms with Crippen LogP contribution < -0.4 is 9.47 Å². The second-order valence-corrected chi connectivity index (χ2v) is 7.27. The first-order chi connectivity index (χ1) is 12.5. The molecule has 2 rings (SSSR count). The van der Waals surface area contributed by atoms with Gasteiger partial charge in [-0.1, -0.05) is 37.0 Å². The van der Waals surface area contributed by atoms with E-state index in [2.05, 4.69) is 0 Å². The number of carboxylic acids is 1. The molecule has 0 unspecified atom stereocenters. The molecule has 1 aromatic rings. The maximum absolute atomic E-state index is 12.5. The molecule has 1 fully saturated rings. The van der Waals surface area contributed by atoms with Crippen LogP contribution in [0.2, 0.25) is 0 Å². The molecular formula is C18H21NO5S2. The number of methoxy groups -OCH3 is 1. The summed E-state index contributed by atoms with van der Waals surface area (Å²) in [6.45, 7) is 2.90. The number of aliphatic carboxylic acids is 1. The number of carbonyl (C=O) groups excluding carboxylic acids is 1. The van der Waals surface area contributed by atoms with E-state index >= 15 is 0 Å². The van der Waals surface area contributed by atoms with Crippen LogP contribution in [0.3, 0.4) is 0 Å². The van der Waals surface area contributed by atoms with Crippen LogP contribution in [0, 0.1) is 0 Å². The molecule has 1 amide bonds. The lowest BCUT2D eigenvalue weighted by Gasteiger charge is -2.13. The van der Waals surface area contributed by atoms with Gasteiger partial charge in [0.2, 0.25) is 0 Å². The van der Waals surface area contributed by atoms with Crippen molar-refractivity contribution in [3.05, 3.63) is 28.7 Å². The summed E-state index contributed by atoms with van der Waals surface area (Å²) in [6, 6.07) is 5.46. The van der Waals surface area contributed by atoms with E-state index < -0.39 is 5.97 Å². The van der Waals surface area contributed by atoms with Crippen LogP contribution in [0.4, 0.5) is 0 Å². The second kappa shape index (κ2) is 9.59. The number of rotatable bonds is 9. The SMILES string of the molecule is CCCOc1cc(/C=C2\SC(=S)N(CCCC(=O)O)C2=O)ccc1OC. The van der Waals surface area contributed by atoms with Crippen molar-refractivity contribution in [3.63, 3.8) is 0 Å². The zero-order valence-electron chi connectivity index (χ0n) is 14.7. The number of carbonyl (C=O) groups is 2. The molecule has 0 bridgehead atoms. The van der Waals surface area contributed by atoms with Crippen molar-refractivity contribution in [1.82, 2.24) is 4.90 Å². The van der Waals surface area contributed by atoms with E-state index in [1.807, 2.05) is 19.1 Å². The predicted octanol–water partition coefficient (Wildman–Crippen LogP) is 3.55. The minimum atomic E-state index is -0.885. The number of hydrogen-bond acceptors (Lipinski definition) is 6. The Bertz CT molecular complexity index is 732. The summed E-state index contributed by atoms with van der Waals surface area (Å²) in [5, 5.41) is 8.72. The van der Waals surface area contributed by atoms with Crippen molar-refractivity contribution in [2.45, 2.75) is 26.2 Å². The topological polar surface area (TPSA) is 76.1 Å². The summed E-state index contributed by atoms with van der Waals surface area (Å²) in [5.41, 5.74) is 0.808. The fourth-order valence-corrected chi connectivity index (χ4v) is 3.65. The van der Waals surface area contributed by atoms with Gasteiger partial charge >= 0.3 is 5.97 Å². The van der Waals surface area contributed by atoms with Gasteiger partial charge in [0.05, 0.1) is 18.6 Å².